The third-order valence-corrected chi connectivity index (χ3v) is 5.82. The van der Waals surface area contributed by atoms with E-state index in [-0.39, 0.29) is 28.7 Å². The summed E-state index contributed by atoms with van der Waals surface area (Å²) < 4.78 is 19.4. The van der Waals surface area contributed by atoms with Gasteiger partial charge in [-0.1, -0.05) is 40.0 Å². The number of aromatic nitrogens is 2. The van der Waals surface area contributed by atoms with Gasteiger partial charge in [0.1, 0.15) is 41.3 Å². The van der Waals surface area contributed by atoms with Gasteiger partial charge in [-0.3, -0.25) is 14.4 Å². The first kappa shape index (κ1) is 63.4. The topological polar surface area (TPSA) is 203 Å². The fourth-order valence-electron chi connectivity index (χ4n) is 3.22. The van der Waals surface area contributed by atoms with Gasteiger partial charge in [0.2, 0.25) is 0 Å². The number of ether oxygens (including phenoxy) is 4. The lowest BCUT2D eigenvalue weighted by Gasteiger charge is -2.19. The number of aliphatic hydroxyl groups excluding tert-OH is 2. The highest BCUT2D eigenvalue weighted by atomic mass is 35.5. The molecule has 0 bridgehead atoms. The second kappa shape index (κ2) is 35.2. The zero-order chi connectivity index (χ0) is 46.1. The number of nitrogens with zero attached hydrogens (tertiary/aromatic N) is 1. The highest BCUT2D eigenvalue weighted by molar-refractivity contribution is 6.18. The Hall–Kier alpha value is -2.78. The van der Waals surface area contributed by atoms with E-state index in [0.29, 0.717) is 43.3 Å². The van der Waals surface area contributed by atoms with Gasteiger partial charge >= 0.3 is 23.9 Å². The van der Waals surface area contributed by atoms with E-state index in [1.807, 2.05) is 48.5 Å². The number of aromatic amines is 1. The van der Waals surface area contributed by atoms with Crippen LogP contribution in [0.2, 0.25) is 0 Å². The smallest absolute Gasteiger partial charge is 0.332 e. The summed E-state index contributed by atoms with van der Waals surface area (Å²) >= 11 is 10.7. The number of rotatable bonds is 12. The van der Waals surface area contributed by atoms with Crippen molar-refractivity contribution in [1.82, 2.24) is 15.3 Å². The van der Waals surface area contributed by atoms with Crippen molar-refractivity contribution >= 4 is 47.1 Å². The quantitative estimate of drug-likeness (QED) is 0.0915. The Morgan fingerprint density at radius 3 is 1.28 bits per heavy atom. The number of esters is 4. The van der Waals surface area contributed by atoms with Crippen LogP contribution in [-0.2, 0) is 51.1 Å². The van der Waals surface area contributed by atoms with Crippen molar-refractivity contribution in [2.24, 2.45) is 0 Å². The number of H-pyrrole nitrogens is 1. The first-order valence-electron chi connectivity index (χ1n) is 19.4. The number of aliphatic hydroxyl groups is 2. The molecule has 0 aliphatic rings. The van der Waals surface area contributed by atoms with Crippen molar-refractivity contribution < 1.29 is 48.3 Å². The highest BCUT2D eigenvalue weighted by Gasteiger charge is 2.17. The first-order chi connectivity index (χ1) is 25.9. The minimum absolute atomic E-state index is 0.0756. The summed E-state index contributed by atoms with van der Waals surface area (Å²) in [5.74, 6) is -0.723. The van der Waals surface area contributed by atoms with Crippen molar-refractivity contribution in [1.29, 1.82) is 0 Å². The van der Waals surface area contributed by atoms with Gasteiger partial charge in [-0.2, -0.15) is 0 Å². The summed E-state index contributed by atoms with van der Waals surface area (Å²) in [6.45, 7) is 29.4. The van der Waals surface area contributed by atoms with Gasteiger partial charge < -0.3 is 39.5 Å². The number of alkyl halides is 2. The van der Waals surface area contributed by atoms with E-state index in [9.17, 15) is 24.0 Å². The molecule has 16 heteroatoms. The standard InChI is InChI=1S/C10H17N3O.C8H15ClO2.C7H13ClO2.2C6H12O3.C4H10/c1-4-5-8-7(2)12-9(6-11-3)10(14)13-8;1-8(2,3)11-7(10)5-4-6-9;1-7(2,3)10-6(9)4-5-8;2*1-6(2,3)9-5(8)4-7;1-3-4-2/h11H,4-6H2,1-3H3,(H,13,14);4-6H2,1-3H3;4-5H2,1-3H3;2*7H,4H2,1-3H3;3-4H2,1-2H3. The molecule has 0 aromatic carbocycles. The molecule has 1 rings (SSSR count). The van der Waals surface area contributed by atoms with Crippen LogP contribution in [0.3, 0.4) is 0 Å². The monoisotopic (exact) mass is 860 g/mol. The minimum atomic E-state index is -0.581. The van der Waals surface area contributed by atoms with Crippen molar-refractivity contribution in [2.75, 3.05) is 32.0 Å². The van der Waals surface area contributed by atoms with Crippen LogP contribution in [0.4, 0.5) is 0 Å². The molecule has 0 aliphatic carbocycles. The number of aryl methyl sites for hydroxylation is 2. The lowest BCUT2D eigenvalue weighted by Crippen LogP contribution is -2.25. The fraction of sp³-hybridized carbons (Fsp3) is 0.805. The number of unbranched alkanes of at least 4 members (excludes halogenated alkanes) is 1. The maximum absolute atomic E-state index is 11.5. The molecule has 0 unspecified atom stereocenters. The summed E-state index contributed by atoms with van der Waals surface area (Å²) in [6, 6.07) is 0. The lowest BCUT2D eigenvalue weighted by molar-refractivity contribution is -0.159. The van der Waals surface area contributed by atoms with E-state index in [1.54, 1.807) is 48.6 Å². The second-order valence-electron chi connectivity index (χ2n) is 16.3. The summed E-state index contributed by atoms with van der Waals surface area (Å²) in [4.78, 5) is 61.0. The molecule has 0 fully saturated rings. The molecule has 1 aromatic heterocycles. The Morgan fingerprint density at radius 2 is 1.02 bits per heavy atom. The molecule has 0 spiro atoms. The molecule has 0 amide bonds. The number of carbonyl (C=O) groups excluding carboxylic acids is 4. The number of hydrogen-bond acceptors (Lipinski definition) is 13. The third-order valence-electron chi connectivity index (χ3n) is 5.36. The average Bonchev–Trinajstić information content (AvgIpc) is 3.04. The maximum atomic E-state index is 11.5. The van der Waals surface area contributed by atoms with Crippen LogP contribution in [0.5, 0.6) is 0 Å². The molecule has 1 heterocycles. The van der Waals surface area contributed by atoms with E-state index in [0.717, 1.165) is 24.2 Å². The summed E-state index contributed by atoms with van der Waals surface area (Å²) in [5, 5.41) is 19.4. The van der Waals surface area contributed by atoms with Crippen molar-refractivity contribution in [3.8, 4) is 0 Å². The van der Waals surface area contributed by atoms with E-state index < -0.39 is 36.4 Å². The number of carbonyl (C=O) groups is 4. The molecule has 1 aromatic rings. The van der Waals surface area contributed by atoms with Gasteiger partial charge in [0, 0.05) is 30.4 Å². The van der Waals surface area contributed by atoms with Gasteiger partial charge in [-0.05, 0) is 110 Å². The molecule has 0 saturated heterocycles. The Morgan fingerprint density at radius 1 is 0.649 bits per heavy atom. The predicted molar refractivity (Wildman–Crippen MR) is 230 cm³/mol. The van der Waals surface area contributed by atoms with Crippen molar-refractivity contribution in [3.05, 3.63) is 27.4 Å². The lowest BCUT2D eigenvalue weighted by atomic mass is 10.2. The van der Waals surface area contributed by atoms with Crippen LogP contribution in [0.25, 0.3) is 0 Å². The van der Waals surface area contributed by atoms with Crippen LogP contribution >= 0.6 is 23.2 Å². The number of nitrogens with one attached hydrogen (secondary N) is 2. The SMILES string of the molecule is CC(C)(C)OC(=O)CCCCl.CC(C)(C)OC(=O)CCCl.CC(C)(C)OC(=O)CO.CC(C)(C)OC(=O)CO.CCCC.CCCc1[nH]c(=O)c(CNC)nc1C. The van der Waals surface area contributed by atoms with Gasteiger partial charge in [-0.15, -0.1) is 23.2 Å². The van der Waals surface area contributed by atoms with Crippen LogP contribution < -0.4 is 10.9 Å². The summed E-state index contributed by atoms with van der Waals surface area (Å²) in [5.41, 5.74) is 0.638. The van der Waals surface area contributed by atoms with Gasteiger partial charge in [0.25, 0.3) is 5.56 Å². The largest absolute Gasteiger partial charge is 0.460 e. The minimum Gasteiger partial charge on any atom is -0.460 e. The Bertz CT molecular complexity index is 1230. The molecule has 0 radical (unpaired) electrons. The van der Waals surface area contributed by atoms with E-state index in [1.165, 1.54) is 12.8 Å². The van der Waals surface area contributed by atoms with Crippen LogP contribution in [0.15, 0.2) is 4.79 Å². The zero-order valence-electron chi connectivity index (χ0n) is 38.3. The predicted octanol–water partition coefficient (Wildman–Crippen LogP) is 7.50. The van der Waals surface area contributed by atoms with E-state index >= 15 is 0 Å². The second-order valence-corrected chi connectivity index (χ2v) is 17.0. The van der Waals surface area contributed by atoms with E-state index in [4.69, 9.17) is 52.4 Å². The third kappa shape index (κ3) is 53.2. The highest BCUT2D eigenvalue weighted by Crippen LogP contribution is 2.10. The molecule has 4 N–H and O–H groups in total. The molecule has 57 heavy (non-hydrogen) atoms. The molecule has 0 aliphatic heterocycles. The van der Waals surface area contributed by atoms with Gasteiger partial charge in [0.15, 0.2) is 0 Å². The Balaban J connectivity index is -0.000000195. The van der Waals surface area contributed by atoms with Crippen molar-refractivity contribution in [2.45, 2.75) is 185 Å². The van der Waals surface area contributed by atoms with E-state index in [2.05, 4.69) is 36.1 Å². The maximum Gasteiger partial charge on any atom is 0.332 e. The van der Waals surface area contributed by atoms with Crippen LogP contribution in [0, 0.1) is 6.92 Å². The molecular weight excluding hydrogens is 781 g/mol. The van der Waals surface area contributed by atoms with Crippen LogP contribution in [-0.4, -0.2) is 98.5 Å². The molecule has 0 atom stereocenters. The van der Waals surface area contributed by atoms with Crippen molar-refractivity contribution in [3.63, 3.8) is 0 Å². The first-order valence-corrected chi connectivity index (χ1v) is 20.4. The molecule has 14 nitrogen and oxygen atoms in total. The van der Waals surface area contributed by atoms with Gasteiger partial charge in [0.05, 0.1) is 12.1 Å². The van der Waals surface area contributed by atoms with Crippen LogP contribution in [0.1, 0.15) is 159 Å². The number of halogens is 2. The normalized spacial score (nSPS) is 10.8. The summed E-state index contributed by atoms with van der Waals surface area (Å²) in [7, 11) is 1.80. The zero-order valence-corrected chi connectivity index (χ0v) is 39.8. The molecule has 338 valence electrons. The Labute approximate surface area is 353 Å². The average molecular weight is 861 g/mol. The summed E-state index contributed by atoms with van der Waals surface area (Å²) in [6.07, 6.45) is 5.94. The van der Waals surface area contributed by atoms with Gasteiger partial charge in [-0.25, -0.2) is 14.6 Å². The fourth-order valence-corrected chi connectivity index (χ4v) is 3.51. The molecule has 0 saturated carbocycles. The Kier molecular flexibility index (Phi) is 39.1. The molecular formula is C41H79Cl2N3O11. The number of hydrogen-bond donors (Lipinski definition) is 4.